The van der Waals surface area contributed by atoms with Gasteiger partial charge in [-0.05, 0) is 62.1 Å². The summed E-state index contributed by atoms with van der Waals surface area (Å²) in [7, 11) is 0. The summed E-state index contributed by atoms with van der Waals surface area (Å²) < 4.78 is 7.65. The molecule has 6 rings (SSSR count). The first kappa shape index (κ1) is 28.8. The molecule has 1 aliphatic carbocycles. The smallest absolute Gasteiger partial charge is 0.348 e. The molecule has 0 radical (unpaired) electrons. The molecule has 6 N–H and O–H groups in total. The number of aliphatic hydroxyl groups is 2. The van der Waals surface area contributed by atoms with Gasteiger partial charge in [0.2, 0.25) is 0 Å². The summed E-state index contributed by atoms with van der Waals surface area (Å²) in [6.45, 7) is 11.4. The number of aliphatic hydroxyl groups excluding tert-OH is 2. The number of H-pyrrole nitrogens is 2. The topological polar surface area (TPSA) is 171 Å². The lowest BCUT2D eigenvalue weighted by atomic mass is 9.76. The largest absolute Gasteiger partial charge is 0.387 e. The Bertz CT molecular complexity index is 1630. The fourth-order valence-corrected chi connectivity index (χ4v) is 6.43. The fourth-order valence-electron chi connectivity index (χ4n) is 6.43. The second kappa shape index (κ2) is 10.7. The lowest BCUT2D eigenvalue weighted by Crippen LogP contribution is -2.52. The summed E-state index contributed by atoms with van der Waals surface area (Å²) in [4.78, 5) is 33.2. The van der Waals surface area contributed by atoms with Gasteiger partial charge in [0, 0.05) is 25.0 Å². The molecule has 4 aromatic rings. The summed E-state index contributed by atoms with van der Waals surface area (Å²) in [6.07, 6.45) is 1.69. The monoisotopic (exact) mass is 578 g/mol. The highest BCUT2D eigenvalue weighted by Crippen LogP contribution is 2.38. The van der Waals surface area contributed by atoms with Gasteiger partial charge in [-0.25, -0.2) is 14.8 Å². The molecule has 3 aromatic heterocycles. The van der Waals surface area contributed by atoms with E-state index < -0.39 is 30.2 Å². The first-order chi connectivity index (χ1) is 19.9. The van der Waals surface area contributed by atoms with Crippen LogP contribution in [0.5, 0.6) is 0 Å². The van der Waals surface area contributed by atoms with Crippen molar-refractivity contribution in [2.24, 2.45) is 5.92 Å². The number of nitrogens with one attached hydrogen (secondary N) is 2. The maximum absolute atomic E-state index is 11.9. The van der Waals surface area contributed by atoms with Gasteiger partial charge in [0.15, 0.2) is 11.9 Å². The first-order valence-electron chi connectivity index (χ1n) is 14.9. The second-order valence-corrected chi connectivity index (χ2v) is 13.3. The molecule has 12 nitrogen and oxygen atoms in total. The van der Waals surface area contributed by atoms with Crippen molar-refractivity contribution in [2.75, 3.05) is 12.3 Å². The molecule has 4 heterocycles. The van der Waals surface area contributed by atoms with Crippen LogP contribution in [0.4, 0.5) is 5.82 Å². The highest BCUT2D eigenvalue weighted by atomic mass is 16.6. The predicted octanol–water partition coefficient (Wildman–Crippen LogP) is 2.62. The van der Waals surface area contributed by atoms with E-state index in [1.807, 2.05) is 0 Å². The molecular formula is C30H42N8O4. The van der Waals surface area contributed by atoms with Crippen LogP contribution in [0.25, 0.3) is 22.2 Å². The van der Waals surface area contributed by atoms with Crippen molar-refractivity contribution >= 4 is 28.0 Å². The summed E-state index contributed by atoms with van der Waals surface area (Å²) in [5, 5.41) is 21.8. The van der Waals surface area contributed by atoms with E-state index in [1.54, 1.807) is 0 Å². The van der Waals surface area contributed by atoms with Crippen LogP contribution in [-0.4, -0.2) is 81.5 Å². The average Bonchev–Trinajstić information content (AvgIpc) is 3.57. The number of benzene rings is 1. The number of aromatic nitrogens is 6. The highest BCUT2D eigenvalue weighted by Gasteiger charge is 2.46. The molecule has 4 atom stereocenters. The number of anilines is 1. The number of aromatic amines is 2. The van der Waals surface area contributed by atoms with Crippen molar-refractivity contribution < 1.29 is 14.9 Å². The van der Waals surface area contributed by atoms with Crippen LogP contribution in [0.1, 0.15) is 71.5 Å². The van der Waals surface area contributed by atoms with Crippen molar-refractivity contribution in [3.05, 3.63) is 46.4 Å². The van der Waals surface area contributed by atoms with Crippen LogP contribution < -0.4 is 11.4 Å². The molecule has 42 heavy (non-hydrogen) atoms. The van der Waals surface area contributed by atoms with Gasteiger partial charge in [0.25, 0.3) is 0 Å². The molecule has 0 spiro atoms. The Balaban J connectivity index is 1.07. The number of imidazole rings is 2. The maximum atomic E-state index is 11.9. The summed E-state index contributed by atoms with van der Waals surface area (Å²) >= 11 is 0. The number of fused-ring (bicyclic) bond motifs is 2. The number of nitrogen functional groups attached to an aromatic ring is 1. The van der Waals surface area contributed by atoms with Crippen LogP contribution in [0, 0.1) is 5.92 Å². The van der Waals surface area contributed by atoms with Gasteiger partial charge in [-0.15, -0.1) is 0 Å². The van der Waals surface area contributed by atoms with E-state index in [9.17, 15) is 15.0 Å². The number of rotatable bonds is 8. The standard InChI is InChI=1S/C30H42N8O4/c1-15(2)37(13-21-24(39)25(40)28(42-21)38-14-32-23-26(31)35-29(41)36-27(23)38)18-10-16(11-18)6-9-22-33-19-8-7-17(30(3,4)5)12-20(19)34-22/h7-8,12,14-16,18,21,24-25,28,39-40H,6,9-11,13H2,1-5H3,(H,33,34)(H3,31,35,36,41)/t16?,18?,21-,24-,25-,28-/m1/s1. The van der Waals surface area contributed by atoms with E-state index in [0.717, 1.165) is 42.5 Å². The SMILES string of the molecule is CC(C)N(C[C@H]1O[C@@H](n2cnc3c(N)[nH]c(=O)nc32)[C@H](O)[C@@H]1O)C1CC(CCc2nc3ccc(C(C)(C)C)cc3[nH]2)C1. The molecule has 0 unspecified atom stereocenters. The third-order valence-electron chi connectivity index (χ3n) is 9.00. The number of ether oxygens (including phenoxy) is 1. The Hall–Kier alpha value is -3.32. The van der Waals surface area contributed by atoms with Crippen LogP contribution >= 0.6 is 0 Å². The summed E-state index contributed by atoms with van der Waals surface area (Å²) in [5.41, 5.74) is 9.28. The third-order valence-corrected chi connectivity index (χ3v) is 9.00. The van der Waals surface area contributed by atoms with E-state index in [0.29, 0.717) is 24.0 Å². The van der Waals surface area contributed by atoms with Gasteiger partial charge in [-0.2, -0.15) is 4.98 Å². The molecular weight excluding hydrogens is 536 g/mol. The minimum absolute atomic E-state index is 0.0915. The van der Waals surface area contributed by atoms with Gasteiger partial charge < -0.3 is 25.7 Å². The Kier molecular flexibility index (Phi) is 7.37. The zero-order chi connectivity index (χ0) is 29.9. The quantitative estimate of drug-likeness (QED) is 0.211. The van der Waals surface area contributed by atoms with Gasteiger partial charge >= 0.3 is 5.69 Å². The lowest BCUT2D eigenvalue weighted by Gasteiger charge is -2.46. The third kappa shape index (κ3) is 5.32. The molecule has 1 saturated heterocycles. The maximum Gasteiger partial charge on any atom is 0.348 e. The molecule has 12 heteroatoms. The van der Waals surface area contributed by atoms with Crippen LogP contribution in [0.2, 0.25) is 0 Å². The highest BCUT2D eigenvalue weighted by molar-refractivity contribution is 5.81. The lowest BCUT2D eigenvalue weighted by molar-refractivity contribution is -0.0620. The van der Waals surface area contributed by atoms with E-state index in [4.69, 9.17) is 15.5 Å². The van der Waals surface area contributed by atoms with E-state index in [1.165, 1.54) is 16.5 Å². The van der Waals surface area contributed by atoms with Crippen molar-refractivity contribution in [2.45, 2.75) is 102 Å². The first-order valence-corrected chi connectivity index (χ1v) is 14.9. The van der Waals surface area contributed by atoms with Gasteiger partial charge in [0.1, 0.15) is 35.5 Å². The number of hydrogen-bond acceptors (Lipinski definition) is 9. The van der Waals surface area contributed by atoms with E-state index in [2.05, 4.69) is 77.7 Å². The Morgan fingerprint density at radius 1 is 1.17 bits per heavy atom. The van der Waals surface area contributed by atoms with Crippen LogP contribution in [0.15, 0.2) is 29.3 Å². The van der Waals surface area contributed by atoms with Crippen LogP contribution in [-0.2, 0) is 16.6 Å². The molecule has 2 fully saturated rings. The normalized spacial score (nSPS) is 26.6. The molecule has 0 bridgehead atoms. The van der Waals surface area contributed by atoms with Crippen molar-refractivity contribution in [1.29, 1.82) is 0 Å². The van der Waals surface area contributed by atoms with E-state index in [-0.39, 0.29) is 22.9 Å². The molecule has 1 saturated carbocycles. The minimum Gasteiger partial charge on any atom is -0.387 e. The summed E-state index contributed by atoms with van der Waals surface area (Å²) in [5.74, 6) is 1.73. The number of nitrogens with two attached hydrogens (primary N) is 1. The number of nitrogens with zero attached hydrogens (tertiary/aromatic N) is 5. The van der Waals surface area contributed by atoms with E-state index >= 15 is 0 Å². The zero-order valence-electron chi connectivity index (χ0n) is 24.9. The Labute approximate surface area is 244 Å². The number of hydrogen-bond donors (Lipinski definition) is 5. The molecule has 1 aliphatic heterocycles. The molecule has 226 valence electrons. The van der Waals surface area contributed by atoms with Crippen molar-refractivity contribution in [1.82, 2.24) is 34.4 Å². The predicted molar refractivity (Wildman–Crippen MR) is 160 cm³/mol. The average molecular weight is 579 g/mol. The second-order valence-electron chi connectivity index (χ2n) is 13.3. The minimum atomic E-state index is -1.21. The molecule has 2 aliphatic rings. The fraction of sp³-hybridized carbons (Fsp3) is 0.600. The van der Waals surface area contributed by atoms with Crippen molar-refractivity contribution in [3.63, 3.8) is 0 Å². The van der Waals surface area contributed by atoms with Gasteiger partial charge in [-0.1, -0.05) is 26.8 Å². The molecule has 0 amide bonds. The summed E-state index contributed by atoms with van der Waals surface area (Å²) in [6, 6.07) is 7.11. The Morgan fingerprint density at radius 2 is 1.93 bits per heavy atom. The van der Waals surface area contributed by atoms with Crippen LogP contribution in [0.3, 0.4) is 0 Å². The van der Waals surface area contributed by atoms with Gasteiger partial charge in [-0.3, -0.25) is 14.5 Å². The molecule has 1 aromatic carbocycles. The van der Waals surface area contributed by atoms with Crippen molar-refractivity contribution in [3.8, 4) is 0 Å². The Morgan fingerprint density at radius 3 is 2.64 bits per heavy atom. The number of aryl methyl sites for hydroxylation is 1. The van der Waals surface area contributed by atoms with Gasteiger partial charge in [0.05, 0.1) is 17.4 Å². The zero-order valence-corrected chi connectivity index (χ0v) is 24.9.